The Morgan fingerprint density at radius 2 is 2.06 bits per heavy atom. The van der Waals surface area contributed by atoms with Gasteiger partial charge in [0.2, 0.25) is 0 Å². The van der Waals surface area contributed by atoms with Gasteiger partial charge in [-0.05, 0) is 23.3 Å². The Morgan fingerprint density at radius 3 is 2.81 bits per heavy atom. The minimum atomic E-state index is 0.0469. The van der Waals surface area contributed by atoms with E-state index in [1.54, 1.807) is 19.5 Å². The van der Waals surface area contributed by atoms with Crippen LogP contribution in [0.3, 0.4) is 0 Å². The van der Waals surface area contributed by atoms with E-state index in [-0.39, 0.29) is 6.61 Å². The van der Waals surface area contributed by atoms with Gasteiger partial charge in [0.15, 0.2) is 0 Å². The first kappa shape index (κ1) is 10.6. The van der Waals surface area contributed by atoms with Crippen molar-refractivity contribution in [2.45, 2.75) is 6.61 Å². The van der Waals surface area contributed by atoms with Crippen LogP contribution in [-0.4, -0.2) is 17.2 Å². The minimum absolute atomic E-state index is 0.0469. The summed E-state index contributed by atoms with van der Waals surface area (Å²) in [6.07, 6.45) is 3.44. The van der Waals surface area contributed by atoms with Crippen molar-refractivity contribution >= 4 is 0 Å². The zero-order chi connectivity index (χ0) is 11.4. The Morgan fingerprint density at radius 1 is 1.19 bits per heavy atom. The molecule has 1 N–H and O–H groups in total. The van der Waals surface area contributed by atoms with Crippen molar-refractivity contribution in [1.29, 1.82) is 0 Å². The first-order chi connectivity index (χ1) is 7.83. The summed E-state index contributed by atoms with van der Waals surface area (Å²) in [5.74, 6) is 0.729. The fourth-order valence-electron chi connectivity index (χ4n) is 1.54. The van der Waals surface area contributed by atoms with Gasteiger partial charge in [-0.25, -0.2) is 0 Å². The second kappa shape index (κ2) is 4.77. The summed E-state index contributed by atoms with van der Waals surface area (Å²) in [7, 11) is 1.62. The average molecular weight is 215 g/mol. The number of hydrogen-bond acceptors (Lipinski definition) is 3. The highest BCUT2D eigenvalue weighted by Crippen LogP contribution is 2.23. The Bertz CT molecular complexity index is 437. The van der Waals surface area contributed by atoms with Gasteiger partial charge in [-0.2, -0.15) is 0 Å². The third-order valence-corrected chi connectivity index (χ3v) is 2.39. The van der Waals surface area contributed by atoms with E-state index in [0.29, 0.717) is 0 Å². The molecule has 1 aromatic heterocycles. The highest BCUT2D eigenvalue weighted by Gasteiger charge is 2.01. The molecule has 1 heterocycles. The maximum absolute atomic E-state index is 9.07. The van der Waals surface area contributed by atoms with Gasteiger partial charge in [0.05, 0.1) is 19.9 Å². The van der Waals surface area contributed by atoms with E-state index in [0.717, 1.165) is 22.4 Å². The third-order valence-electron chi connectivity index (χ3n) is 2.39. The number of hydrogen-bond donors (Lipinski definition) is 1. The first-order valence-corrected chi connectivity index (χ1v) is 5.02. The summed E-state index contributed by atoms with van der Waals surface area (Å²) >= 11 is 0. The lowest BCUT2D eigenvalue weighted by Crippen LogP contribution is -1.88. The molecule has 0 saturated heterocycles. The smallest absolute Gasteiger partial charge is 0.137 e. The van der Waals surface area contributed by atoms with Crippen LogP contribution in [0.4, 0.5) is 0 Å². The number of aliphatic hydroxyl groups excluding tert-OH is 1. The van der Waals surface area contributed by atoms with E-state index in [4.69, 9.17) is 9.84 Å². The number of ether oxygens (including phenoxy) is 1. The maximum atomic E-state index is 9.07. The van der Waals surface area contributed by atoms with Gasteiger partial charge in [0.1, 0.15) is 5.75 Å². The van der Waals surface area contributed by atoms with Gasteiger partial charge in [-0.3, -0.25) is 4.98 Å². The Labute approximate surface area is 94.3 Å². The predicted molar refractivity (Wildman–Crippen MR) is 62.1 cm³/mol. The largest absolute Gasteiger partial charge is 0.495 e. The van der Waals surface area contributed by atoms with Crippen LogP contribution in [0.2, 0.25) is 0 Å². The van der Waals surface area contributed by atoms with Crippen molar-refractivity contribution in [3.8, 4) is 16.9 Å². The summed E-state index contributed by atoms with van der Waals surface area (Å²) in [4.78, 5) is 4.10. The first-order valence-electron chi connectivity index (χ1n) is 5.02. The molecule has 0 radical (unpaired) electrons. The lowest BCUT2D eigenvalue weighted by atomic mass is 10.1. The Hall–Kier alpha value is -1.87. The molecule has 0 aliphatic carbocycles. The molecule has 2 aromatic rings. The fourth-order valence-corrected chi connectivity index (χ4v) is 1.54. The van der Waals surface area contributed by atoms with E-state index in [1.165, 1.54) is 0 Å². The van der Waals surface area contributed by atoms with Gasteiger partial charge in [0, 0.05) is 11.8 Å². The van der Waals surface area contributed by atoms with Crippen LogP contribution >= 0.6 is 0 Å². The molecule has 0 bridgehead atoms. The normalized spacial score (nSPS) is 10.1. The number of benzene rings is 1. The van der Waals surface area contributed by atoms with Gasteiger partial charge in [-0.15, -0.1) is 0 Å². The molecule has 0 unspecified atom stereocenters. The number of pyridine rings is 1. The number of nitrogens with zero attached hydrogens (tertiary/aromatic N) is 1. The molecule has 3 heteroatoms. The number of aliphatic hydroxyl groups is 1. The molecule has 0 amide bonds. The summed E-state index contributed by atoms with van der Waals surface area (Å²) in [5, 5.41) is 9.07. The van der Waals surface area contributed by atoms with Gasteiger partial charge in [-0.1, -0.05) is 18.2 Å². The molecular weight excluding hydrogens is 202 g/mol. The third kappa shape index (κ3) is 2.20. The summed E-state index contributed by atoms with van der Waals surface area (Å²) in [5.41, 5.74) is 2.90. The van der Waals surface area contributed by atoms with Crippen LogP contribution in [0.1, 0.15) is 5.56 Å². The van der Waals surface area contributed by atoms with Crippen LogP contribution in [0.15, 0.2) is 42.7 Å². The Balaban J connectivity index is 2.41. The van der Waals surface area contributed by atoms with E-state index in [1.807, 2.05) is 30.3 Å². The van der Waals surface area contributed by atoms with Gasteiger partial charge < -0.3 is 9.84 Å². The van der Waals surface area contributed by atoms with Crippen LogP contribution < -0.4 is 4.74 Å². The van der Waals surface area contributed by atoms with Crippen LogP contribution in [0, 0.1) is 0 Å². The molecule has 2 rings (SSSR count). The number of methoxy groups -OCH3 is 1. The lowest BCUT2D eigenvalue weighted by Gasteiger charge is -2.05. The fraction of sp³-hybridized carbons (Fsp3) is 0.154. The second-order valence-corrected chi connectivity index (χ2v) is 3.47. The number of aromatic nitrogens is 1. The molecule has 0 aliphatic rings. The molecule has 0 fully saturated rings. The molecule has 16 heavy (non-hydrogen) atoms. The zero-order valence-corrected chi connectivity index (χ0v) is 9.05. The molecule has 0 spiro atoms. The van der Waals surface area contributed by atoms with Crippen molar-refractivity contribution < 1.29 is 9.84 Å². The van der Waals surface area contributed by atoms with Crippen LogP contribution in [-0.2, 0) is 6.61 Å². The highest BCUT2D eigenvalue weighted by molar-refractivity contribution is 5.64. The zero-order valence-electron chi connectivity index (χ0n) is 9.05. The quantitative estimate of drug-likeness (QED) is 0.853. The van der Waals surface area contributed by atoms with E-state index >= 15 is 0 Å². The molecule has 0 saturated carbocycles. The molecule has 0 atom stereocenters. The SMILES string of the molecule is COc1cncc(-c2cccc(CO)c2)c1. The molecule has 82 valence electrons. The molecule has 1 aromatic carbocycles. The molecule has 0 aliphatic heterocycles. The topological polar surface area (TPSA) is 42.4 Å². The summed E-state index contributed by atoms with van der Waals surface area (Å²) in [6.45, 7) is 0.0469. The highest BCUT2D eigenvalue weighted by atomic mass is 16.5. The van der Waals surface area contributed by atoms with Crippen LogP contribution in [0.25, 0.3) is 11.1 Å². The Kier molecular flexibility index (Phi) is 3.17. The maximum Gasteiger partial charge on any atom is 0.137 e. The van der Waals surface area contributed by atoms with Crippen molar-refractivity contribution in [1.82, 2.24) is 4.98 Å². The van der Waals surface area contributed by atoms with Crippen molar-refractivity contribution in [2.75, 3.05) is 7.11 Å². The van der Waals surface area contributed by atoms with E-state index in [2.05, 4.69) is 4.98 Å². The van der Waals surface area contributed by atoms with Crippen molar-refractivity contribution in [2.24, 2.45) is 0 Å². The predicted octanol–water partition coefficient (Wildman–Crippen LogP) is 2.25. The van der Waals surface area contributed by atoms with Gasteiger partial charge >= 0.3 is 0 Å². The monoisotopic (exact) mass is 215 g/mol. The van der Waals surface area contributed by atoms with Crippen molar-refractivity contribution in [3.63, 3.8) is 0 Å². The van der Waals surface area contributed by atoms with E-state index in [9.17, 15) is 0 Å². The van der Waals surface area contributed by atoms with Crippen molar-refractivity contribution in [3.05, 3.63) is 48.3 Å². The second-order valence-electron chi connectivity index (χ2n) is 3.47. The summed E-state index contributed by atoms with van der Waals surface area (Å²) < 4.78 is 5.12. The average Bonchev–Trinajstić information content (AvgIpc) is 2.39. The number of rotatable bonds is 3. The standard InChI is InChI=1S/C13H13NO2/c1-16-13-6-12(7-14-8-13)11-4-2-3-10(5-11)9-15/h2-8,15H,9H2,1H3. The minimum Gasteiger partial charge on any atom is -0.495 e. The summed E-state index contributed by atoms with van der Waals surface area (Å²) in [6, 6.07) is 9.65. The lowest BCUT2D eigenvalue weighted by molar-refractivity contribution is 0.282. The molecule has 3 nitrogen and oxygen atoms in total. The molecular formula is C13H13NO2. The van der Waals surface area contributed by atoms with Crippen LogP contribution in [0.5, 0.6) is 5.75 Å². The van der Waals surface area contributed by atoms with E-state index < -0.39 is 0 Å². The van der Waals surface area contributed by atoms with Gasteiger partial charge in [0.25, 0.3) is 0 Å².